The van der Waals surface area contributed by atoms with Crippen molar-refractivity contribution in [3.63, 3.8) is 0 Å². The fraction of sp³-hybridized carbons (Fsp3) is 0.391. The topological polar surface area (TPSA) is 65.3 Å². The molecule has 0 bridgehead atoms. The van der Waals surface area contributed by atoms with Crippen LogP contribution in [0.5, 0.6) is 11.5 Å². The van der Waals surface area contributed by atoms with Crippen molar-refractivity contribution in [2.45, 2.75) is 19.3 Å². The molecular weight excluding hydrogens is 382 g/mol. The van der Waals surface area contributed by atoms with Crippen LogP contribution in [-0.2, 0) is 9.53 Å². The first-order valence-electron chi connectivity index (χ1n) is 10.1. The van der Waals surface area contributed by atoms with Crippen LogP contribution in [0, 0.1) is 6.92 Å². The molecular formula is C23H27N3O4. The Morgan fingerprint density at radius 2 is 1.83 bits per heavy atom. The molecule has 0 radical (unpaired) electrons. The Morgan fingerprint density at radius 3 is 2.50 bits per heavy atom. The number of aromatic nitrogens is 2. The molecule has 0 aliphatic carbocycles. The molecule has 0 N–H and O–H groups in total. The molecule has 0 saturated carbocycles. The Kier molecular flexibility index (Phi) is 5.90. The van der Waals surface area contributed by atoms with Crippen molar-refractivity contribution >= 4 is 11.6 Å². The summed E-state index contributed by atoms with van der Waals surface area (Å²) >= 11 is 0. The summed E-state index contributed by atoms with van der Waals surface area (Å²) in [6.45, 7) is 4.45. The predicted octanol–water partition coefficient (Wildman–Crippen LogP) is 3.04. The molecule has 7 heteroatoms. The molecule has 3 heterocycles. The number of benzene rings is 1. The second-order valence-corrected chi connectivity index (χ2v) is 7.51. The lowest BCUT2D eigenvalue weighted by Gasteiger charge is -2.29. The number of methoxy groups -OCH3 is 2. The molecule has 1 fully saturated rings. The van der Waals surface area contributed by atoms with Gasteiger partial charge in [0.2, 0.25) is 5.91 Å². The van der Waals surface area contributed by atoms with Gasteiger partial charge in [0.1, 0.15) is 17.1 Å². The second kappa shape index (κ2) is 8.75. The molecule has 1 aromatic carbocycles. The number of amides is 1. The van der Waals surface area contributed by atoms with E-state index in [2.05, 4.69) is 9.38 Å². The minimum absolute atomic E-state index is 0.104. The number of imidazole rings is 1. The van der Waals surface area contributed by atoms with Crippen LogP contribution in [0.15, 0.2) is 42.7 Å². The van der Waals surface area contributed by atoms with E-state index in [-0.39, 0.29) is 11.8 Å². The second-order valence-electron chi connectivity index (χ2n) is 7.51. The third kappa shape index (κ3) is 4.11. The average molecular weight is 409 g/mol. The largest absolute Gasteiger partial charge is 0.497 e. The highest BCUT2D eigenvalue weighted by Crippen LogP contribution is 2.34. The summed E-state index contributed by atoms with van der Waals surface area (Å²) in [5, 5.41) is 0. The van der Waals surface area contributed by atoms with E-state index in [1.807, 2.05) is 54.5 Å². The van der Waals surface area contributed by atoms with Gasteiger partial charge in [0.15, 0.2) is 0 Å². The van der Waals surface area contributed by atoms with Gasteiger partial charge in [-0.15, -0.1) is 0 Å². The van der Waals surface area contributed by atoms with Gasteiger partial charge in [-0.3, -0.25) is 4.79 Å². The average Bonchev–Trinajstić information content (AvgIpc) is 3.20. The number of fused-ring (bicyclic) bond motifs is 1. The SMILES string of the molecule is COc1cc(OC)cc(C(CC(=O)N2CCOCC2)c2cnc3cc(C)ccn23)c1. The fourth-order valence-electron chi connectivity index (χ4n) is 3.90. The molecule has 0 spiro atoms. The highest BCUT2D eigenvalue weighted by Gasteiger charge is 2.26. The van der Waals surface area contributed by atoms with E-state index in [1.54, 1.807) is 14.2 Å². The van der Waals surface area contributed by atoms with E-state index in [0.717, 1.165) is 22.5 Å². The number of ether oxygens (including phenoxy) is 3. The summed E-state index contributed by atoms with van der Waals surface area (Å²) in [4.78, 5) is 19.6. The molecule has 1 saturated heterocycles. The third-order valence-electron chi connectivity index (χ3n) is 5.57. The minimum atomic E-state index is -0.193. The summed E-state index contributed by atoms with van der Waals surface area (Å²) in [6, 6.07) is 9.85. The van der Waals surface area contributed by atoms with Gasteiger partial charge >= 0.3 is 0 Å². The molecule has 7 nitrogen and oxygen atoms in total. The van der Waals surface area contributed by atoms with Crippen LogP contribution < -0.4 is 9.47 Å². The van der Waals surface area contributed by atoms with E-state index in [1.165, 1.54) is 0 Å². The van der Waals surface area contributed by atoms with Gasteiger partial charge in [-0.05, 0) is 42.3 Å². The zero-order valence-electron chi connectivity index (χ0n) is 17.6. The molecule has 4 rings (SSSR count). The molecule has 1 atom stereocenters. The monoisotopic (exact) mass is 409 g/mol. The van der Waals surface area contributed by atoms with Crippen LogP contribution in [-0.4, -0.2) is 60.7 Å². The zero-order valence-corrected chi connectivity index (χ0v) is 17.6. The number of carbonyl (C=O) groups is 1. The van der Waals surface area contributed by atoms with Gasteiger partial charge in [0, 0.05) is 43.9 Å². The van der Waals surface area contributed by atoms with Crippen LogP contribution in [0.3, 0.4) is 0 Å². The van der Waals surface area contributed by atoms with Gasteiger partial charge in [0.25, 0.3) is 0 Å². The van der Waals surface area contributed by atoms with E-state index in [0.29, 0.717) is 44.2 Å². The highest BCUT2D eigenvalue weighted by molar-refractivity contribution is 5.78. The van der Waals surface area contributed by atoms with Gasteiger partial charge in [-0.1, -0.05) is 0 Å². The number of hydrogen-bond donors (Lipinski definition) is 0. The highest BCUT2D eigenvalue weighted by atomic mass is 16.5. The normalized spacial score (nSPS) is 15.2. The quantitative estimate of drug-likeness (QED) is 0.626. The van der Waals surface area contributed by atoms with E-state index in [4.69, 9.17) is 14.2 Å². The first-order valence-corrected chi connectivity index (χ1v) is 10.1. The smallest absolute Gasteiger partial charge is 0.223 e. The fourth-order valence-corrected chi connectivity index (χ4v) is 3.90. The van der Waals surface area contributed by atoms with Crippen LogP contribution in [0.25, 0.3) is 5.65 Å². The first kappa shape index (κ1) is 20.2. The Hall–Kier alpha value is -3.06. The molecule has 1 aliphatic rings. The number of pyridine rings is 1. The maximum absolute atomic E-state index is 13.2. The molecule has 3 aromatic rings. The summed E-state index contributed by atoms with van der Waals surface area (Å²) in [7, 11) is 3.26. The Morgan fingerprint density at radius 1 is 1.13 bits per heavy atom. The van der Waals surface area contributed by atoms with Gasteiger partial charge in [0.05, 0.1) is 33.1 Å². The van der Waals surface area contributed by atoms with Crippen molar-refractivity contribution < 1.29 is 19.0 Å². The predicted molar refractivity (Wildman–Crippen MR) is 113 cm³/mol. The maximum Gasteiger partial charge on any atom is 0.223 e. The van der Waals surface area contributed by atoms with Crippen LogP contribution in [0.2, 0.25) is 0 Å². The van der Waals surface area contributed by atoms with Crippen molar-refractivity contribution in [1.82, 2.24) is 14.3 Å². The number of carbonyl (C=O) groups excluding carboxylic acids is 1. The minimum Gasteiger partial charge on any atom is -0.497 e. The standard InChI is InChI=1S/C23H27N3O4/c1-16-4-5-26-21(15-24-22(26)10-16)20(14-23(27)25-6-8-30-9-7-25)17-11-18(28-2)13-19(12-17)29-3/h4-5,10-13,15,20H,6-9,14H2,1-3H3. The molecule has 1 unspecified atom stereocenters. The van der Waals surface area contributed by atoms with Crippen LogP contribution in [0.4, 0.5) is 0 Å². The van der Waals surface area contributed by atoms with E-state index >= 15 is 0 Å². The van der Waals surface area contributed by atoms with Crippen LogP contribution >= 0.6 is 0 Å². The number of rotatable bonds is 6. The lowest BCUT2D eigenvalue weighted by molar-refractivity contribution is -0.135. The van der Waals surface area contributed by atoms with Crippen LogP contribution in [0.1, 0.15) is 29.2 Å². The van der Waals surface area contributed by atoms with Crippen molar-refractivity contribution in [3.05, 3.63) is 59.5 Å². The maximum atomic E-state index is 13.2. The molecule has 1 aliphatic heterocycles. The molecule has 158 valence electrons. The van der Waals surface area contributed by atoms with Gasteiger partial charge in [-0.2, -0.15) is 0 Å². The summed E-state index contributed by atoms with van der Waals surface area (Å²) in [5.74, 6) is 1.30. The summed E-state index contributed by atoms with van der Waals surface area (Å²) in [6.07, 6.45) is 4.20. The number of hydrogen-bond acceptors (Lipinski definition) is 5. The van der Waals surface area contributed by atoms with Crippen molar-refractivity contribution in [3.8, 4) is 11.5 Å². The number of nitrogens with zero attached hydrogens (tertiary/aromatic N) is 3. The number of morpholine rings is 1. The van der Waals surface area contributed by atoms with E-state index < -0.39 is 0 Å². The molecule has 30 heavy (non-hydrogen) atoms. The van der Waals surface area contributed by atoms with Gasteiger partial charge < -0.3 is 23.5 Å². The Labute approximate surface area is 176 Å². The molecule has 1 amide bonds. The third-order valence-corrected chi connectivity index (χ3v) is 5.57. The Balaban J connectivity index is 1.77. The lowest BCUT2D eigenvalue weighted by Crippen LogP contribution is -2.41. The van der Waals surface area contributed by atoms with Crippen molar-refractivity contribution in [1.29, 1.82) is 0 Å². The van der Waals surface area contributed by atoms with Gasteiger partial charge in [-0.25, -0.2) is 4.98 Å². The Bertz CT molecular complexity index is 1020. The summed E-state index contributed by atoms with van der Waals surface area (Å²) < 4.78 is 18.4. The zero-order chi connectivity index (χ0) is 21.1. The summed E-state index contributed by atoms with van der Waals surface area (Å²) in [5.41, 5.74) is 3.92. The number of aryl methyl sites for hydroxylation is 1. The molecule has 2 aromatic heterocycles. The van der Waals surface area contributed by atoms with Crippen molar-refractivity contribution in [2.75, 3.05) is 40.5 Å². The lowest BCUT2D eigenvalue weighted by atomic mass is 9.91. The van der Waals surface area contributed by atoms with E-state index in [9.17, 15) is 4.79 Å². The first-order chi connectivity index (χ1) is 14.6. The van der Waals surface area contributed by atoms with Crippen molar-refractivity contribution in [2.24, 2.45) is 0 Å².